The molecule has 0 fully saturated rings. The van der Waals surface area contributed by atoms with E-state index in [1.807, 2.05) is 13.8 Å². The van der Waals surface area contributed by atoms with E-state index in [0.717, 1.165) is 0 Å². The fourth-order valence-electron chi connectivity index (χ4n) is 2.76. The van der Waals surface area contributed by atoms with Gasteiger partial charge in [-0.05, 0) is 36.7 Å². The summed E-state index contributed by atoms with van der Waals surface area (Å²) < 4.78 is 5.75. The van der Waals surface area contributed by atoms with Gasteiger partial charge >= 0.3 is 0 Å². The first-order valence-corrected chi connectivity index (χ1v) is 9.83. The number of hydrogen-bond donors (Lipinski definition) is 2. The number of rotatable bonds is 8. The summed E-state index contributed by atoms with van der Waals surface area (Å²) in [5.74, 6) is 0.102. The van der Waals surface area contributed by atoms with Gasteiger partial charge < -0.3 is 20.7 Å². The first kappa shape index (κ1) is 22.8. The van der Waals surface area contributed by atoms with E-state index in [4.69, 9.17) is 33.7 Å². The van der Waals surface area contributed by atoms with Gasteiger partial charge in [-0.1, -0.05) is 43.1 Å². The molecule has 2 amide bonds. The van der Waals surface area contributed by atoms with Crippen molar-refractivity contribution >= 4 is 40.9 Å². The highest BCUT2D eigenvalue weighted by molar-refractivity contribution is 6.42. The molecule has 1 aromatic carbocycles. The van der Waals surface area contributed by atoms with E-state index in [0.29, 0.717) is 23.0 Å². The highest BCUT2D eigenvalue weighted by atomic mass is 35.5. The van der Waals surface area contributed by atoms with Crippen molar-refractivity contribution in [3.63, 3.8) is 0 Å². The van der Waals surface area contributed by atoms with Crippen LogP contribution in [0, 0.1) is 5.92 Å². The first-order valence-electron chi connectivity index (χ1n) is 9.07. The molecule has 0 bridgehead atoms. The zero-order valence-corrected chi connectivity index (χ0v) is 18.0. The molecule has 1 atom stereocenters. The Morgan fingerprint density at radius 2 is 2.14 bits per heavy atom. The first-order chi connectivity index (χ1) is 13.7. The molecule has 7 nitrogen and oxygen atoms in total. The minimum Gasteiger partial charge on any atom is -0.458 e. The Morgan fingerprint density at radius 3 is 2.79 bits per heavy atom. The van der Waals surface area contributed by atoms with E-state index in [9.17, 15) is 9.59 Å². The molecule has 156 valence electrons. The van der Waals surface area contributed by atoms with Gasteiger partial charge in [0.1, 0.15) is 28.4 Å². The number of hydrogen-bond acceptors (Lipinski definition) is 4. The predicted molar refractivity (Wildman–Crippen MR) is 115 cm³/mol. The number of amidine groups is 1. The van der Waals surface area contributed by atoms with E-state index in [1.54, 1.807) is 31.4 Å². The van der Waals surface area contributed by atoms with Crippen molar-refractivity contribution in [2.75, 3.05) is 13.6 Å². The van der Waals surface area contributed by atoms with Gasteiger partial charge in [-0.2, -0.15) is 4.99 Å². The summed E-state index contributed by atoms with van der Waals surface area (Å²) in [6, 6.07) is 4.23. The van der Waals surface area contributed by atoms with Gasteiger partial charge in [0, 0.05) is 13.1 Å². The van der Waals surface area contributed by atoms with E-state index in [1.165, 1.54) is 17.1 Å². The van der Waals surface area contributed by atoms with Crippen LogP contribution in [0.3, 0.4) is 0 Å². The molecule has 0 saturated carbocycles. The third kappa shape index (κ3) is 6.24. The highest BCUT2D eigenvalue weighted by Crippen LogP contribution is 2.33. The number of aliphatic imine (C=N–C) groups is 1. The van der Waals surface area contributed by atoms with Crippen molar-refractivity contribution in [2.45, 2.75) is 26.3 Å². The van der Waals surface area contributed by atoms with Crippen LogP contribution >= 0.6 is 23.2 Å². The number of nitrogens with zero attached hydrogens (tertiary/aromatic N) is 2. The Bertz CT molecular complexity index is 865. The number of ether oxygens (including phenoxy) is 1. The average Bonchev–Trinajstić information content (AvgIpc) is 3.01. The van der Waals surface area contributed by atoms with Crippen LogP contribution in [0.4, 0.5) is 0 Å². The number of nitrogens with two attached hydrogens (primary N) is 1. The summed E-state index contributed by atoms with van der Waals surface area (Å²) in [5, 5.41) is 3.37. The number of halogens is 2. The number of carbonyl (C=O) groups excluding carboxylic acids is 2. The van der Waals surface area contributed by atoms with E-state index >= 15 is 0 Å². The molecule has 3 N–H and O–H groups in total. The zero-order chi connectivity index (χ0) is 21.6. The largest absolute Gasteiger partial charge is 0.458 e. The number of amides is 2. The van der Waals surface area contributed by atoms with Crippen LogP contribution in [0.1, 0.15) is 20.3 Å². The zero-order valence-electron chi connectivity index (χ0n) is 16.5. The third-order valence-corrected chi connectivity index (χ3v) is 4.87. The molecule has 29 heavy (non-hydrogen) atoms. The van der Waals surface area contributed by atoms with Crippen molar-refractivity contribution in [2.24, 2.45) is 16.6 Å². The Hall–Kier alpha value is -2.51. The monoisotopic (exact) mass is 438 g/mol. The van der Waals surface area contributed by atoms with E-state index in [-0.39, 0.29) is 29.2 Å². The molecule has 0 spiro atoms. The maximum atomic E-state index is 12.7. The molecular weight excluding hydrogens is 415 g/mol. The Kier molecular flexibility index (Phi) is 8.10. The summed E-state index contributed by atoms with van der Waals surface area (Å²) in [4.78, 5) is 30.6. The van der Waals surface area contributed by atoms with Crippen molar-refractivity contribution in [1.82, 2.24) is 10.2 Å². The van der Waals surface area contributed by atoms with Gasteiger partial charge in [0.05, 0.1) is 11.6 Å². The predicted octanol–water partition coefficient (Wildman–Crippen LogP) is 3.13. The van der Waals surface area contributed by atoms with Crippen LogP contribution in [-0.2, 0) is 9.59 Å². The van der Waals surface area contributed by atoms with Gasteiger partial charge in [0.15, 0.2) is 0 Å². The van der Waals surface area contributed by atoms with Crippen LogP contribution < -0.4 is 15.8 Å². The average molecular weight is 439 g/mol. The lowest BCUT2D eigenvalue weighted by Crippen LogP contribution is -2.43. The van der Waals surface area contributed by atoms with Crippen LogP contribution in [0.15, 0.2) is 47.3 Å². The number of carbonyl (C=O) groups is 2. The van der Waals surface area contributed by atoms with Crippen LogP contribution in [0.5, 0.6) is 5.75 Å². The van der Waals surface area contributed by atoms with E-state index in [2.05, 4.69) is 10.3 Å². The maximum Gasteiger partial charge on any atom is 0.270 e. The van der Waals surface area contributed by atoms with Gasteiger partial charge in [-0.3, -0.25) is 9.59 Å². The molecule has 1 unspecified atom stereocenters. The van der Waals surface area contributed by atoms with Crippen molar-refractivity contribution < 1.29 is 14.3 Å². The Labute approximate surface area is 180 Å². The van der Waals surface area contributed by atoms with Gasteiger partial charge in [-0.25, -0.2) is 0 Å². The highest BCUT2D eigenvalue weighted by Gasteiger charge is 2.34. The lowest BCUT2D eigenvalue weighted by atomic mass is 10.0. The quantitative estimate of drug-likeness (QED) is 0.479. The van der Waals surface area contributed by atoms with Crippen molar-refractivity contribution in [3.8, 4) is 5.75 Å². The second kappa shape index (κ2) is 10.3. The molecule has 0 saturated heterocycles. The minimum atomic E-state index is -0.754. The topological polar surface area (TPSA) is 97.0 Å². The van der Waals surface area contributed by atoms with Crippen molar-refractivity contribution in [3.05, 3.63) is 52.4 Å². The second-order valence-electron chi connectivity index (χ2n) is 6.87. The molecule has 1 aliphatic heterocycles. The van der Waals surface area contributed by atoms with Crippen LogP contribution in [-0.4, -0.2) is 42.2 Å². The molecule has 1 aliphatic rings. The minimum absolute atomic E-state index is 0.0555. The fourth-order valence-corrected chi connectivity index (χ4v) is 3.09. The Balaban J connectivity index is 2.19. The molecular formula is C20H24Cl2N4O3. The molecule has 9 heteroatoms. The summed E-state index contributed by atoms with van der Waals surface area (Å²) in [5.41, 5.74) is 5.76. The normalized spacial score (nSPS) is 15.8. The summed E-state index contributed by atoms with van der Waals surface area (Å²) >= 11 is 12.1. The lowest BCUT2D eigenvalue weighted by Gasteiger charge is -2.26. The SMILES string of the molecule is CN/C=C\C(N)=NC(=O)C(CC(C)C)N1CC(Oc2cccc(Cl)c2Cl)=CC1=O. The molecule has 0 aromatic heterocycles. The molecule has 0 aliphatic carbocycles. The van der Waals surface area contributed by atoms with E-state index < -0.39 is 11.9 Å². The summed E-state index contributed by atoms with van der Waals surface area (Å²) in [6.45, 7) is 4.04. The van der Waals surface area contributed by atoms with Gasteiger partial charge in [0.25, 0.3) is 11.8 Å². The number of benzene rings is 1. The second-order valence-corrected chi connectivity index (χ2v) is 7.66. The summed E-state index contributed by atoms with van der Waals surface area (Å²) in [6.07, 6.45) is 4.82. The van der Waals surface area contributed by atoms with Crippen LogP contribution in [0.25, 0.3) is 0 Å². The fraction of sp³-hybridized carbons (Fsp3) is 0.350. The standard InChI is InChI=1S/C20H24Cl2N4O3/c1-12(2)9-15(20(28)25-17(23)7-8-24-3)26-11-13(10-18(26)27)29-16-6-4-5-14(21)19(16)22/h4-8,10,12,15,24H,9,11H2,1-3H3,(H2,23,25,28)/b8-7-. The molecule has 0 radical (unpaired) electrons. The summed E-state index contributed by atoms with van der Waals surface area (Å²) in [7, 11) is 1.70. The number of nitrogens with one attached hydrogen (secondary N) is 1. The third-order valence-electron chi connectivity index (χ3n) is 4.07. The van der Waals surface area contributed by atoms with Gasteiger partial charge in [0.2, 0.25) is 0 Å². The Morgan fingerprint density at radius 1 is 1.41 bits per heavy atom. The smallest absolute Gasteiger partial charge is 0.270 e. The molecule has 1 aromatic rings. The lowest BCUT2D eigenvalue weighted by molar-refractivity contribution is -0.134. The van der Waals surface area contributed by atoms with Crippen molar-refractivity contribution in [1.29, 1.82) is 0 Å². The maximum absolute atomic E-state index is 12.7. The molecule has 1 heterocycles. The van der Waals surface area contributed by atoms with Gasteiger partial charge in [-0.15, -0.1) is 0 Å². The molecule has 2 rings (SSSR count). The van der Waals surface area contributed by atoms with Crippen LogP contribution in [0.2, 0.25) is 10.0 Å².